The van der Waals surface area contributed by atoms with Crippen molar-refractivity contribution in [2.45, 2.75) is 63.0 Å². The number of carbonyl (C=O) groups is 4. The van der Waals surface area contributed by atoms with Crippen LogP contribution in [0.15, 0.2) is 42.5 Å². The lowest BCUT2D eigenvalue weighted by atomic mass is 10.1. The molecule has 4 amide bonds. The van der Waals surface area contributed by atoms with Crippen LogP contribution in [0, 0.1) is 29.2 Å². The van der Waals surface area contributed by atoms with E-state index in [1.165, 1.54) is 53.7 Å². The summed E-state index contributed by atoms with van der Waals surface area (Å²) in [7, 11) is 0. The molecule has 50 heavy (non-hydrogen) atoms. The van der Waals surface area contributed by atoms with E-state index in [4.69, 9.17) is 55.9 Å². The molecule has 0 radical (unpaired) electrons. The summed E-state index contributed by atoms with van der Waals surface area (Å²) in [6.45, 7) is 8.69. The van der Waals surface area contributed by atoms with Gasteiger partial charge in [0.2, 0.25) is 5.91 Å². The van der Waals surface area contributed by atoms with Crippen LogP contribution >= 0.6 is 46.4 Å². The van der Waals surface area contributed by atoms with Gasteiger partial charge in [-0.2, -0.15) is 4.90 Å². The Balaban J connectivity index is 1.63. The molecule has 1 aliphatic rings. The molecule has 2 atom stereocenters. The van der Waals surface area contributed by atoms with Gasteiger partial charge in [0.15, 0.2) is 17.5 Å². The number of amides is 4. The van der Waals surface area contributed by atoms with Crippen LogP contribution in [-0.2, 0) is 14.3 Å². The quantitative estimate of drug-likeness (QED) is 0.190. The molecule has 9 nitrogen and oxygen atoms in total. The third-order valence-electron chi connectivity index (χ3n) is 6.87. The molecule has 1 fully saturated rings. The third-order valence-corrected chi connectivity index (χ3v) is 8.38. The zero-order valence-corrected chi connectivity index (χ0v) is 30.1. The highest BCUT2D eigenvalue weighted by molar-refractivity contribution is 6.53. The summed E-state index contributed by atoms with van der Waals surface area (Å²) in [5, 5.41) is 3.64. The Morgan fingerprint density at radius 2 is 1.32 bits per heavy atom. The Kier molecular flexibility index (Phi) is 11.0. The molecule has 0 aromatic heterocycles. The van der Waals surface area contributed by atoms with E-state index in [-0.39, 0.29) is 15.6 Å². The van der Waals surface area contributed by atoms with Gasteiger partial charge in [-0.1, -0.05) is 29.3 Å². The van der Waals surface area contributed by atoms with Crippen molar-refractivity contribution in [2.75, 3.05) is 15.5 Å². The third kappa shape index (κ3) is 8.56. The van der Waals surface area contributed by atoms with Crippen molar-refractivity contribution >= 4 is 87.5 Å². The maximum absolute atomic E-state index is 15.9. The standard InChI is InChI=1S/C33H29Cl4F4N3O6/c1-31(2,3)49-29(47)44(30(48)50-32(4,5)6)26-20(39)9-10-21(25(26)41)43-27(45)16-12-15(13-18(35)24(16)40)42-28(46)23-22(33(23,36)37)14-7-8-19(38)17(34)11-14/h7-13,22-23H,1-6H3,(H,42,46)(H,43,45). The molecule has 0 heterocycles. The molecule has 268 valence electrons. The summed E-state index contributed by atoms with van der Waals surface area (Å²) in [4.78, 5) is 52.5. The zero-order valence-electron chi connectivity index (χ0n) is 27.1. The van der Waals surface area contributed by atoms with Crippen molar-refractivity contribution in [1.82, 2.24) is 0 Å². The van der Waals surface area contributed by atoms with Gasteiger partial charge in [0.25, 0.3) is 5.91 Å². The van der Waals surface area contributed by atoms with E-state index in [1.54, 1.807) is 0 Å². The zero-order chi connectivity index (χ0) is 37.7. The highest BCUT2D eigenvalue weighted by atomic mass is 35.5. The van der Waals surface area contributed by atoms with Crippen molar-refractivity contribution < 1.29 is 46.2 Å². The van der Waals surface area contributed by atoms with E-state index in [1.807, 2.05) is 0 Å². The normalized spacial score (nSPS) is 16.7. The maximum atomic E-state index is 15.9. The second-order valence-electron chi connectivity index (χ2n) is 13.1. The number of rotatable bonds is 6. The van der Waals surface area contributed by atoms with Crippen molar-refractivity contribution in [3.63, 3.8) is 0 Å². The summed E-state index contributed by atoms with van der Waals surface area (Å²) in [6.07, 6.45) is -2.99. The Morgan fingerprint density at radius 1 is 0.760 bits per heavy atom. The molecule has 0 aliphatic heterocycles. The van der Waals surface area contributed by atoms with Crippen molar-refractivity contribution in [1.29, 1.82) is 0 Å². The summed E-state index contributed by atoms with van der Waals surface area (Å²) in [6, 6.07) is 6.97. The first-order chi connectivity index (χ1) is 22.9. The van der Waals surface area contributed by atoms with Crippen molar-refractivity contribution in [2.24, 2.45) is 5.92 Å². The molecule has 3 aromatic rings. The van der Waals surface area contributed by atoms with Crippen LogP contribution in [-0.4, -0.2) is 39.5 Å². The van der Waals surface area contributed by atoms with Gasteiger partial charge in [-0.05, 0) is 83.5 Å². The minimum Gasteiger partial charge on any atom is -0.443 e. The molecule has 0 bridgehead atoms. The number of nitrogens with zero attached hydrogens (tertiary/aromatic N) is 1. The number of hydrogen-bond acceptors (Lipinski definition) is 6. The van der Waals surface area contributed by atoms with E-state index in [0.717, 1.165) is 24.3 Å². The number of carbonyl (C=O) groups excluding carboxylic acids is 4. The van der Waals surface area contributed by atoms with Gasteiger partial charge in [0, 0.05) is 11.6 Å². The molecule has 0 saturated heterocycles. The van der Waals surface area contributed by atoms with Crippen LogP contribution in [0.1, 0.15) is 63.4 Å². The first-order valence-corrected chi connectivity index (χ1v) is 16.1. The molecule has 1 saturated carbocycles. The SMILES string of the molecule is CC(C)(C)OC(=O)N(C(=O)OC(C)(C)C)c1c(F)ccc(NC(=O)c2cc(NC(=O)C3C(c4ccc(F)c(Cl)c4)C3(Cl)Cl)cc(Cl)c2F)c1F. The molecule has 17 heteroatoms. The second-order valence-corrected chi connectivity index (χ2v) is 15.4. The van der Waals surface area contributed by atoms with E-state index in [9.17, 15) is 23.6 Å². The molecular weight excluding hydrogens is 752 g/mol. The number of ether oxygens (including phenoxy) is 2. The number of halogens is 8. The van der Waals surface area contributed by atoms with Crippen LogP contribution in [0.3, 0.4) is 0 Å². The maximum Gasteiger partial charge on any atom is 0.424 e. The van der Waals surface area contributed by atoms with Crippen LogP contribution in [0.4, 0.5) is 44.2 Å². The highest BCUT2D eigenvalue weighted by Gasteiger charge is 2.67. The Hall–Kier alpha value is -3.78. The summed E-state index contributed by atoms with van der Waals surface area (Å²) < 4.78 is 68.6. The van der Waals surface area contributed by atoms with E-state index in [2.05, 4.69) is 10.6 Å². The van der Waals surface area contributed by atoms with Gasteiger partial charge >= 0.3 is 12.2 Å². The Morgan fingerprint density at radius 3 is 1.86 bits per heavy atom. The molecule has 0 spiro atoms. The first kappa shape index (κ1) is 39.0. The van der Waals surface area contributed by atoms with Crippen molar-refractivity contribution in [3.05, 3.63) is 86.9 Å². The van der Waals surface area contributed by atoms with Crippen LogP contribution < -0.4 is 15.5 Å². The van der Waals surface area contributed by atoms with Crippen molar-refractivity contribution in [3.8, 4) is 0 Å². The average molecular weight is 781 g/mol. The fourth-order valence-electron chi connectivity index (χ4n) is 4.72. The molecule has 2 N–H and O–H groups in total. The van der Waals surface area contributed by atoms with Gasteiger partial charge in [-0.25, -0.2) is 27.2 Å². The predicted molar refractivity (Wildman–Crippen MR) is 181 cm³/mol. The van der Waals surface area contributed by atoms with Crippen LogP contribution in [0.5, 0.6) is 0 Å². The smallest absolute Gasteiger partial charge is 0.424 e. The molecular formula is C33H29Cl4F4N3O6. The first-order valence-electron chi connectivity index (χ1n) is 14.6. The van der Waals surface area contributed by atoms with E-state index < -0.39 is 96.6 Å². The number of hydrogen-bond donors (Lipinski definition) is 2. The van der Waals surface area contributed by atoms with Crippen LogP contribution in [0.25, 0.3) is 0 Å². The average Bonchev–Trinajstić information content (AvgIpc) is 3.55. The molecule has 4 rings (SSSR count). The highest BCUT2D eigenvalue weighted by Crippen LogP contribution is 2.65. The van der Waals surface area contributed by atoms with Gasteiger partial charge in [-0.15, -0.1) is 23.2 Å². The molecule has 1 aliphatic carbocycles. The second kappa shape index (κ2) is 14.1. The topological polar surface area (TPSA) is 114 Å². The number of alkyl halides is 2. The number of benzene rings is 3. The molecule has 2 unspecified atom stereocenters. The fourth-order valence-corrected chi connectivity index (χ4v) is 5.96. The Labute approximate surface area is 304 Å². The lowest BCUT2D eigenvalue weighted by Crippen LogP contribution is -2.44. The summed E-state index contributed by atoms with van der Waals surface area (Å²) >= 11 is 24.6. The van der Waals surface area contributed by atoms with Gasteiger partial charge in [-0.3, -0.25) is 9.59 Å². The lowest BCUT2D eigenvalue weighted by Gasteiger charge is -2.29. The lowest BCUT2D eigenvalue weighted by molar-refractivity contribution is -0.117. The number of anilines is 3. The molecule has 3 aromatic carbocycles. The number of imide groups is 1. The van der Waals surface area contributed by atoms with E-state index in [0.29, 0.717) is 11.6 Å². The fraction of sp³-hybridized carbons (Fsp3) is 0.333. The summed E-state index contributed by atoms with van der Waals surface area (Å²) in [5.74, 6) is -8.99. The van der Waals surface area contributed by atoms with Gasteiger partial charge < -0.3 is 20.1 Å². The van der Waals surface area contributed by atoms with E-state index >= 15 is 13.2 Å². The number of nitrogens with one attached hydrogen (secondary N) is 2. The minimum atomic E-state index is -1.63. The van der Waals surface area contributed by atoms with Gasteiger partial charge in [0.05, 0.1) is 27.2 Å². The largest absolute Gasteiger partial charge is 0.443 e. The van der Waals surface area contributed by atoms with Gasteiger partial charge in [0.1, 0.15) is 27.0 Å². The monoisotopic (exact) mass is 779 g/mol. The van der Waals surface area contributed by atoms with Crippen LogP contribution in [0.2, 0.25) is 10.0 Å². The minimum absolute atomic E-state index is 0.0107. The predicted octanol–water partition coefficient (Wildman–Crippen LogP) is 10.0. The summed E-state index contributed by atoms with van der Waals surface area (Å²) in [5.41, 5.74) is -5.08. The Bertz CT molecular complexity index is 1870.